The predicted molar refractivity (Wildman–Crippen MR) is 66.0 cm³/mol. The highest BCUT2D eigenvalue weighted by Gasteiger charge is 2.03. The molecule has 90 valence electrons. The Balaban J connectivity index is 2.31. The van der Waals surface area contributed by atoms with Crippen molar-refractivity contribution in [3.05, 3.63) is 35.9 Å². The number of aryl methyl sites for hydroxylation is 1. The lowest BCUT2D eigenvalue weighted by molar-refractivity contribution is 0.397. The molecule has 0 saturated carbocycles. The van der Waals surface area contributed by atoms with Crippen LogP contribution >= 0.6 is 11.6 Å². The van der Waals surface area contributed by atoms with Crippen molar-refractivity contribution < 1.29 is 8.76 Å². The maximum absolute atomic E-state index is 10.8. The van der Waals surface area contributed by atoms with Crippen LogP contribution < -0.4 is 0 Å². The number of benzene rings is 1. The van der Waals surface area contributed by atoms with E-state index in [-0.39, 0.29) is 0 Å². The minimum Gasteiger partial charge on any atom is -0.760 e. The van der Waals surface area contributed by atoms with Gasteiger partial charge in [-0.25, -0.2) is 4.31 Å². The van der Waals surface area contributed by atoms with E-state index in [9.17, 15) is 8.76 Å². The predicted octanol–water partition coefficient (Wildman–Crippen LogP) is 1.95. The molecule has 0 aliphatic rings. The highest BCUT2D eigenvalue weighted by Crippen LogP contribution is 2.04. The topological polar surface area (TPSA) is 43.4 Å². The molecule has 0 amide bonds. The Labute approximate surface area is 104 Å². The van der Waals surface area contributed by atoms with E-state index in [1.54, 1.807) is 0 Å². The maximum Gasteiger partial charge on any atom is 0.0361 e. The Morgan fingerprint density at radius 3 is 2.50 bits per heavy atom. The largest absolute Gasteiger partial charge is 0.760 e. The molecule has 5 heteroatoms. The quantitative estimate of drug-likeness (QED) is 0.556. The molecule has 0 heterocycles. The van der Waals surface area contributed by atoms with Gasteiger partial charge < -0.3 is 4.55 Å². The van der Waals surface area contributed by atoms with E-state index in [2.05, 4.69) is 0 Å². The van der Waals surface area contributed by atoms with Crippen LogP contribution in [-0.2, 0) is 17.7 Å². The van der Waals surface area contributed by atoms with Gasteiger partial charge in [-0.3, -0.25) is 4.21 Å². The molecule has 0 radical (unpaired) electrons. The van der Waals surface area contributed by atoms with Crippen LogP contribution in [0.5, 0.6) is 0 Å². The van der Waals surface area contributed by atoms with Gasteiger partial charge >= 0.3 is 0 Å². The van der Waals surface area contributed by atoms with Crippen LogP contribution in [0.15, 0.2) is 30.3 Å². The Morgan fingerprint density at radius 1 is 1.25 bits per heavy atom. The van der Waals surface area contributed by atoms with Gasteiger partial charge in [0.05, 0.1) is 0 Å². The molecule has 16 heavy (non-hydrogen) atoms. The van der Waals surface area contributed by atoms with Crippen LogP contribution in [0.3, 0.4) is 0 Å². The number of halogens is 1. The highest BCUT2D eigenvalue weighted by molar-refractivity contribution is 7.76. The van der Waals surface area contributed by atoms with Gasteiger partial charge in [-0.05, 0) is 18.4 Å². The third-order valence-corrected chi connectivity index (χ3v) is 3.22. The zero-order valence-corrected chi connectivity index (χ0v) is 10.5. The second kappa shape index (κ2) is 7.79. The highest BCUT2D eigenvalue weighted by atomic mass is 35.5. The molecule has 1 unspecified atom stereocenters. The van der Waals surface area contributed by atoms with Crippen molar-refractivity contribution >= 4 is 22.9 Å². The molecule has 1 aromatic rings. The smallest absolute Gasteiger partial charge is 0.0361 e. The summed E-state index contributed by atoms with van der Waals surface area (Å²) in [5.74, 6) is 0.333. The third-order valence-electron chi connectivity index (χ3n) is 2.26. The van der Waals surface area contributed by atoms with E-state index in [0.29, 0.717) is 19.0 Å². The number of hydrogen-bond donors (Lipinski definition) is 0. The van der Waals surface area contributed by atoms with Crippen molar-refractivity contribution in [1.29, 1.82) is 0 Å². The Bertz CT molecular complexity index is 321. The Morgan fingerprint density at radius 2 is 1.94 bits per heavy atom. The lowest BCUT2D eigenvalue weighted by atomic mass is 10.1. The van der Waals surface area contributed by atoms with Gasteiger partial charge in [0.2, 0.25) is 0 Å². The van der Waals surface area contributed by atoms with Crippen LogP contribution in [-0.4, -0.2) is 32.0 Å². The van der Waals surface area contributed by atoms with Gasteiger partial charge in [0.25, 0.3) is 0 Å². The Kier molecular flexibility index (Phi) is 6.64. The summed E-state index contributed by atoms with van der Waals surface area (Å²) in [5.41, 5.74) is 1.23. The van der Waals surface area contributed by atoms with Crippen LogP contribution in [0.4, 0.5) is 0 Å². The summed E-state index contributed by atoms with van der Waals surface area (Å²) in [7, 11) is 0. The van der Waals surface area contributed by atoms with E-state index in [4.69, 9.17) is 11.6 Å². The lowest BCUT2D eigenvalue weighted by Crippen LogP contribution is -2.29. The van der Waals surface area contributed by atoms with E-state index >= 15 is 0 Å². The molecule has 0 bridgehead atoms. The van der Waals surface area contributed by atoms with Crippen molar-refractivity contribution in [2.75, 3.05) is 19.0 Å². The average molecular weight is 261 g/mol. The van der Waals surface area contributed by atoms with Crippen molar-refractivity contribution in [3.63, 3.8) is 0 Å². The van der Waals surface area contributed by atoms with Crippen molar-refractivity contribution in [1.82, 2.24) is 4.31 Å². The van der Waals surface area contributed by atoms with E-state index < -0.39 is 11.3 Å². The molecule has 1 atom stereocenters. The first-order valence-electron chi connectivity index (χ1n) is 5.18. The van der Waals surface area contributed by atoms with Crippen LogP contribution in [0.25, 0.3) is 0 Å². The summed E-state index contributed by atoms with van der Waals surface area (Å²) in [6.07, 6.45) is 1.70. The van der Waals surface area contributed by atoms with Gasteiger partial charge in [-0.1, -0.05) is 30.3 Å². The molecule has 0 saturated heterocycles. The normalized spacial score (nSPS) is 12.9. The molecule has 0 fully saturated rings. The molecule has 1 rings (SSSR count). The third kappa shape index (κ3) is 5.07. The molecule has 1 aromatic carbocycles. The first-order chi connectivity index (χ1) is 7.74. The SMILES string of the molecule is O=S([O-])N(CCCl)CCCc1ccccc1. The summed E-state index contributed by atoms with van der Waals surface area (Å²) in [6, 6.07) is 10.0. The van der Waals surface area contributed by atoms with E-state index in [1.165, 1.54) is 9.87 Å². The van der Waals surface area contributed by atoms with E-state index in [0.717, 1.165) is 12.8 Å². The Hall–Kier alpha value is -0.420. The number of hydrogen-bond acceptors (Lipinski definition) is 2. The fourth-order valence-corrected chi connectivity index (χ4v) is 2.28. The molecular weight excluding hydrogens is 246 g/mol. The molecule has 0 aliphatic heterocycles. The molecule has 0 N–H and O–H groups in total. The van der Waals surface area contributed by atoms with Gasteiger partial charge in [0.15, 0.2) is 0 Å². The molecule has 0 aliphatic carbocycles. The summed E-state index contributed by atoms with van der Waals surface area (Å²) in [5, 5.41) is 0. The molecule has 0 spiro atoms. The fourth-order valence-electron chi connectivity index (χ4n) is 1.46. The van der Waals surface area contributed by atoms with Gasteiger partial charge in [-0.15, -0.1) is 11.6 Å². The summed E-state index contributed by atoms with van der Waals surface area (Å²) >= 11 is 3.36. The first kappa shape index (κ1) is 13.6. The second-order valence-electron chi connectivity index (χ2n) is 3.42. The summed E-state index contributed by atoms with van der Waals surface area (Å²) in [4.78, 5) is 0. The van der Waals surface area contributed by atoms with Crippen LogP contribution in [0.1, 0.15) is 12.0 Å². The van der Waals surface area contributed by atoms with Crippen molar-refractivity contribution in [3.8, 4) is 0 Å². The maximum atomic E-state index is 10.8. The summed E-state index contributed by atoms with van der Waals surface area (Å²) < 4.78 is 23.0. The number of alkyl halides is 1. The number of rotatable bonds is 7. The monoisotopic (exact) mass is 260 g/mol. The van der Waals surface area contributed by atoms with Gasteiger partial charge in [-0.2, -0.15) is 0 Å². The average Bonchev–Trinajstić information content (AvgIpc) is 2.29. The zero-order chi connectivity index (χ0) is 11.8. The summed E-state index contributed by atoms with van der Waals surface area (Å²) in [6.45, 7) is 0.907. The van der Waals surface area contributed by atoms with Crippen molar-refractivity contribution in [2.24, 2.45) is 0 Å². The molecule has 3 nitrogen and oxygen atoms in total. The number of nitrogens with zero attached hydrogens (tertiary/aromatic N) is 1. The van der Waals surface area contributed by atoms with Crippen LogP contribution in [0, 0.1) is 0 Å². The van der Waals surface area contributed by atoms with Gasteiger partial charge in [0.1, 0.15) is 0 Å². The van der Waals surface area contributed by atoms with Crippen molar-refractivity contribution in [2.45, 2.75) is 12.8 Å². The standard InChI is InChI=1S/C11H16ClNO2S/c12-8-10-13(16(14)15)9-4-7-11-5-2-1-3-6-11/h1-3,5-6H,4,7-10H2,(H,14,15)/p-1. The minimum atomic E-state index is -2.16. The lowest BCUT2D eigenvalue weighted by Gasteiger charge is -2.22. The van der Waals surface area contributed by atoms with E-state index in [1.807, 2.05) is 30.3 Å². The fraction of sp³-hybridized carbons (Fsp3) is 0.455. The first-order valence-corrected chi connectivity index (χ1v) is 6.75. The zero-order valence-electron chi connectivity index (χ0n) is 8.97. The molecular formula is C11H15ClNO2S-. The second-order valence-corrected chi connectivity index (χ2v) is 4.75. The minimum absolute atomic E-state index is 0.333. The van der Waals surface area contributed by atoms with Crippen LogP contribution in [0.2, 0.25) is 0 Å². The van der Waals surface area contributed by atoms with Gasteiger partial charge in [0, 0.05) is 30.2 Å². The molecule has 0 aromatic heterocycles.